The Morgan fingerprint density at radius 3 is 2.63 bits per heavy atom. The number of hydrogen-bond acceptors (Lipinski definition) is 5. The summed E-state index contributed by atoms with van der Waals surface area (Å²) in [6, 6.07) is 0. The van der Waals surface area contributed by atoms with Gasteiger partial charge in [0.2, 0.25) is 5.95 Å². The van der Waals surface area contributed by atoms with Crippen LogP contribution in [0.2, 0.25) is 0 Å². The summed E-state index contributed by atoms with van der Waals surface area (Å²) in [5.74, 6) is 2.15. The van der Waals surface area contributed by atoms with E-state index in [-0.39, 0.29) is 11.6 Å². The van der Waals surface area contributed by atoms with Crippen LogP contribution in [-0.4, -0.2) is 44.5 Å². The Hall–Kier alpha value is -1.17. The topological polar surface area (TPSA) is 67.1 Å². The van der Waals surface area contributed by atoms with Crippen LogP contribution in [0, 0.1) is 11.8 Å². The Morgan fingerprint density at radius 2 is 1.89 bits per heavy atom. The summed E-state index contributed by atoms with van der Waals surface area (Å²) < 4.78 is 1.90. The first-order chi connectivity index (χ1) is 8.95. The number of tetrazole rings is 1. The van der Waals surface area contributed by atoms with Gasteiger partial charge in [0.15, 0.2) is 0 Å². The SMILES string of the molecule is CC(C)(C)n1nnnc1N1C[C@H]2C[C@@H](O)CC[C@H]2C1. The van der Waals surface area contributed by atoms with Crippen LogP contribution in [0.15, 0.2) is 0 Å². The molecular weight excluding hydrogens is 242 g/mol. The molecule has 1 N–H and O–H groups in total. The van der Waals surface area contributed by atoms with E-state index in [0.29, 0.717) is 11.8 Å². The van der Waals surface area contributed by atoms with Crippen molar-refractivity contribution in [2.24, 2.45) is 11.8 Å². The van der Waals surface area contributed by atoms with Crippen LogP contribution < -0.4 is 4.90 Å². The Kier molecular flexibility index (Phi) is 3.00. The minimum atomic E-state index is -0.111. The number of anilines is 1. The zero-order chi connectivity index (χ0) is 13.6. The van der Waals surface area contributed by atoms with Crippen molar-refractivity contribution in [2.45, 2.75) is 51.7 Å². The first-order valence-corrected chi connectivity index (χ1v) is 7.17. The van der Waals surface area contributed by atoms with Crippen LogP contribution in [0.25, 0.3) is 0 Å². The van der Waals surface area contributed by atoms with E-state index in [1.807, 2.05) is 4.68 Å². The van der Waals surface area contributed by atoms with E-state index < -0.39 is 0 Å². The maximum absolute atomic E-state index is 9.79. The van der Waals surface area contributed by atoms with E-state index in [2.05, 4.69) is 41.2 Å². The Balaban J connectivity index is 1.80. The lowest BCUT2D eigenvalue weighted by Gasteiger charge is -2.27. The average Bonchev–Trinajstić information content (AvgIpc) is 2.92. The molecule has 0 spiro atoms. The lowest BCUT2D eigenvalue weighted by Crippen LogP contribution is -2.31. The van der Waals surface area contributed by atoms with Crippen molar-refractivity contribution in [1.82, 2.24) is 20.2 Å². The van der Waals surface area contributed by atoms with Crippen molar-refractivity contribution >= 4 is 5.95 Å². The predicted octanol–water partition coefficient (Wildman–Crippen LogP) is 1.03. The highest BCUT2D eigenvalue weighted by Crippen LogP contribution is 2.38. The minimum absolute atomic E-state index is 0.105. The third kappa shape index (κ3) is 2.33. The summed E-state index contributed by atoms with van der Waals surface area (Å²) in [4.78, 5) is 2.29. The fourth-order valence-electron chi connectivity index (χ4n) is 3.38. The summed E-state index contributed by atoms with van der Waals surface area (Å²) in [5.41, 5.74) is -0.105. The molecular formula is C13H23N5O. The molecule has 1 aliphatic carbocycles. The molecule has 2 aliphatic rings. The van der Waals surface area contributed by atoms with Gasteiger partial charge in [0.05, 0.1) is 11.6 Å². The Morgan fingerprint density at radius 1 is 1.16 bits per heavy atom. The molecule has 1 aromatic rings. The molecule has 2 heterocycles. The number of nitrogens with zero attached hydrogens (tertiary/aromatic N) is 5. The molecule has 3 rings (SSSR count). The van der Waals surface area contributed by atoms with Crippen molar-refractivity contribution in [1.29, 1.82) is 0 Å². The van der Waals surface area contributed by atoms with Gasteiger partial charge in [-0.2, -0.15) is 0 Å². The molecule has 0 amide bonds. The fraction of sp³-hybridized carbons (Fsp3) is 0.923. The molecule has 0 aromatic carbocycles. The second-order valence-corrected chi connectivity index (χ2v) is 6.95. The van der Waals surface area contributed by atoms with Crippen LogP contribution in [0.3, 0.4) is 0 Å². The molecule has 1 saturated carbocycles. The van der Waals surface area contributed by atoms with Gasteiger partial charge in [-0.3, -0.25) is 0 Å². The number of fused-ring (bicyclic) bond motifs is 1. The van der Waals surface area contributed by atoms with Crippen molar-refractivity contribution in [3.05, 3.63) is 0 Å². The van der Waals surface area contributed by atoms with Crippen LogP contribution in [0.1, 0.15) is 40.0 Å². The zero-order valence-corrected chi connectivity index (χ0v) is 12.0. The average molecular weight is 265 g/mol. The van der Waals surface area contributed by atoms with E-state index >= 15 is 0 Å². The summed E-state index contributed by atoms with van der Waals surface area (Å²) in [6.45, 7) is 8.32. The summed E-state index contributed by atoms with van der Waals surface area (Å²) >= 11 is 0. The number of hydrogen-bond donors (Lipinski definition) is 1. The van der Waals surface area contributed by atoms with Crippen LogP contribution in [0.4, 0.5) is 5.95 Å². The summed E-state index contributed by atoms with van der Waals surface area (Å²) in [7, 11) is 0. The number of aliphatic hydroxyl groups is 1. The minimum Gasteiger partial charge on any atom is -0.393 e. The first-order valence-electron chi connectivity index (χ1n) is 7.17. The third-order valence-electron chi connectivity index (χ3n) is 4.39. The summed E-state index contributed by atoms with van der Waals surface area (Å²) in [6.07, 6.45) is 2.89. The highest BCUT2D eigenvalue weighted by molar-refractivity contribution is 5.32. The third-order valence-corrected chi connectivity index (χ3v) is 4.39. The Labute approximate surface area is 113 Å². The maximum Gasteiger partial charge on any atom is 0.246 e. The van der Waals surface area contributed by atoms with E-state index in [1.54, 1.807) is 0 Å². The van der Waals surface area contributed by atoms with E-state index in [9.17, 15) is 5.11 Å². The molecule has 106 valence electrons. The quantitative estimate of drug-likeness (QED) is 0.821. The zero-order valence-electron chi connectivity index (χ0n) is 12.0. The van der Waals surface area contributed by atoms with E-state index in [1.165, 1.54) is 0 Å². The monoisotopic (exact) mass is 265 g/mol. The van der Waals surface area contributed by atoms with Crippen molar-refractivity contribution in [3.63, 3.8) is 0 Å². The Bertz CT molecular complexity index is 452. The van der Waals surface area contributed by atoms with Crippen LogP contribution in [-0.2, 0) is 5.54 Å². The molecule has 6 heteroatoms. The molecule has 0 radical (unpaired) electrons. The molecule has 1 aliphatic heterocycles. The molecule has 0 bridgehead atoms. The van der Waals surface area contributed by atoms with Crippen molar-refractivity contribution in [3.8, 4) is 0 Å². The molecule has 6 nitrogen and oxygen atoms in total. The maximum atomic E-state index is 9.79. The largest absolute Gasteiger partial charge is 0.393 e. The first kappa shape index (κ1) is 12.8. The number of aliphatic hydroxyl groups excluding tert-OH is 1. The lowest BCUT2D eigenvalue weighted by atomic mass is 9.80. The van der Waals surface area contributed by atoms with Crippen LogP contribution in [0.5, 0.6) is 0 Å². The second-order valence-electron chi connectivity index (χ2n) is 6.95. The van der Waals surface area contributed by atoms with Crippen LogP contribution >= 0.6 is 0 Å². The predicted molar refractivity (Wildman–Crippen MR) is 71.9 cm³/mol. The molecule has 1 saturated heterocycles. The standard InChI is InChI=1S/C13H23N5O/c1-13(2,3)18-12(14-15-16-18)17-7-9-4-5-11(19)6-10(9)8-17/h9-11,19H,4-8H2,1-3H3/t9-,10+,11-/m0/s1. The van der Waals surface area contributed by atoms with Gasteiger partial charge in [-0.15, -0.1) is 0 Å². The lowest BCUT2D eigenvalue weighted by molar-refractivity contribution is 0.0867. The van der Waals surface area contributed by atoms with Gasteiger partial charge in [0, 0.05) is 13.1 Å². The number of aromatic nitrogens is 4. The highest BCUT2D eigenvalue weighted by atomic mass is 16.3. The van der Waals surface area contributed by atoms with Gasteiger partial charge < -0.3 is 10.0 Å². The van der Waals surface area contributed by atoms with E-state index in [0.717, 1.165) is 38.3 Å². The molecule has 19 heavy (non-hydrogen) atoms. The smallest absolute Gasteiger partial charge is 0.246 e. The van der Waals surface area contributed by atoms with Gasteiger partial charge in [0.1, 0.15) is 0 Å². The fourth-order valence-corrected chi connectivity index (χ4v) is 3.38. The molecule has 1 aromatic heterocycles. The van der Waals surface area contributed by atoms with Gasteiger partial charge in [0.25, 0.3) is 0 Å². The highest BCUT2D eigenvalue weighted by Gasteiger charge is 2.39. The second kappa shape index (κ2) is 4.44. The molecule has 0 unspecified atom stereocenters. The summed E-state index contributed by atoms with van der Waals surface area (Å²) in [5, 5.41) is 22.0. The van der Waals surface area contributed by atoms with Gasteiger partial charge in [-0.05, 0) is 62.3 Å². The van der Waals surface area contributed by atoms with Crippen molar-refractivity contribution < 1.29 is 5.11 Å². The number of rotatable bonds is 1. The van der Waals surface area contributed by atoms with Gasteiger partial charge >= 0.3 is 0 Å². The van der Waals surface area contributed by atoms with Gasteiger partial charge in [-0.25, -0.2) is 4.68 Å². The molecule has 3 atom stereocenters. The normalized spacial score (nSPS) is 31.6. The van der Waals surface area contributed by atoms with E-state index in [4.69, 9.17) is 0 Å². The van der Waals surface area contributed by atoms with Gasteiger partial charge in [-0.1, -0.05) is 5.10 Å². The van der Waals surface area contributed by atoms with Crippen molar-refractivity contribution in [2.75, 3.05) is 18.0 Å². The molecule has 2 fully saturated rings.